The molecule has 1 saturated carbocycles. The van der Waals surface area contributed by atoms with Gasteiger partial charge in [-0.3, -0.25) is 4.79 Å². The maximum Gasteiger partial charge on any atom is 0.268 e. The van der Waals surface area contributed by atoms with E-state index in [9.17, 15) is 4.79 Å². The Kier molecular flexibility index (Phi) is 3.89. The fourth-order valence-corrected chi connectivity index (χ4v) is 3.16. The fourth-order valence-electron chi connectivity index (χ4n) is 2.72. The van der Waals surface area contributed by atoms with Gasteiger partial charge in [0.25, 0.3) is 5.91 Å². The zero-order chi connectivity index (χ0) is 15.0. The Hall–Kier alpha value is -1.55. The van der Waals surface area contributed by atoms with E-state index in [-0.39, 0.29) is 18.0 Å². The number of nitrogens with zero attached hydrogens (tertiary/aromatic N) is 1. The van der Waals surface area contributed by atoms with Gasteiger partial charge in [-0.25, -0.2) is 0 Å². The van der Waals surface area contributed by atoms with Crippen molar-refractivity contribution in [2.24, 2.45) is 0 Å². The van der Waals surface area contributed by atoms with Gasteiger partial charge in [0, 0.05) is 28.7 Å². The monoisotopic (exact) mass is 346 g/mol. The molecule has 0 spiro atoms. The number of hydrogen-bond donors (Lipinski definition) is 1. The van der Waals surface area contributed by atoms with Crippen LogP contribution in [0.15, 0.2) is 47.1 Å². The van der Waals surface area contributed by atoms with Crippen LogP contribution < -0.4 is 5.32 Å². The van der Waals surface area contributed by atoms with Gasteiger partial charge in [-0.2, -0.15) is 0 Å². The van der Waals surface area contributed by atoms with E-state index in [1.807, 2.05) is 35.0 Å². The van der Waals surface area contributed by atoms with Crippen molar-refractivity contribution >= 4 is 21.8 Å². The van der Waals surface area contributed by atoms with Crippen molar-refractivity contribution in [2.45, 2.75) is 38.3 Å². The minimum Gasteiger partial charge on any atom is -0.347 e. The van der Waals surface area contributed by atoms with Crippen LogP contribution in [0.2, 0.25) is 0 Å². The number of halogens is 1. The number of carbonyl (C=O) groups excluding carboxylic acids is 1. The summed E-state index contributed by atoms with van der Waals surface area (Å²) in [6, 6.07) is 12.8. The number of nitrogens with one attached hydrogen (secondary N) is 1. The van der Waals surface area contributed by atoms with Crippen molar-refractivity contribution in [3.63, 3.8) is 0 Å². The smallest absolute Gasteiger partial charge is 0.268 e. The maximum absolute atomic E-state index is 12.5. The van der Waals surface area contributed by atoms with Crippen LogP contribution in [0.3, 0.4) is 0 Å². The average molecular weight is 347 g/mol. The highest BCUT2D eigenvalue weighted by Gasteiger charge is 2.39. The number of benzene rings is 1. The molecule has 1 fully saturated rings. The third-order valence-corrected chi connectivity index (χ3v) is 4.37. The van der Waals surface area contributed by atoms with Gasteiger partial charge in [-0.15, -0.1) is 0 Å². The molecule has 1 aromatic heterocycles. The first-order valence-corrected chi connectivity index (χ1v) is 8.08. The molecule has 110 valence electrons. The van der Waals surface area contributed by atoms with E-state index in [0.717, 1.165) is 16.6 Å². The Balaban J connectivity index is 1.69. The van der Waals surface area contributed by atoms with Crippen molar-refractivity contribution in [1.29, 1.82) is 0 Å². The molecule has 1 heterocycles. The molecule has 1 amide bonds. The zero-order valence-electron chi connectivity index (χ0n) is 12.2. The first-order chi connectivity index (χ1) is 10.1. The van der Waals surface area contributed by atoms with Gasteiger partial charge in [-0.05, 0) is 47.8 Å². The number of carbonyl (C=O) groups is 1. The Morgan fingerprint density at radius 3 is 2.71 bits per heavy atom. The van der Waals surface area contributed by atoms with Crippen LogP contribution in [0.4, 0.5) is 0 Å². The summed E-state index contributed by atoms with van der Waals surface area (Å²) >= 11 is 3.45. The SMILES string of the molecule is CC(C)n1cc(Br)cc1C(=O)NC1CC1c1ccccc1. The largest absolute Gasteiger partial charge is 0.347 e. The first kappa shape index (κ1) is 14.4. The number of amides is 1. The molecule has 3 nitrogen and oxygen atoms in total. The minimum absolute atomic E-state index is 0.0119. The number of rotatable bonds is 4. The van der Waals surface area contributed by atoms with Gasteiger partial charge in [0.2, 0.25) is 0 Å². The van der Waals surface area contributed by atoms with Gasteiger partial charge in [0.1, 0.15) is 5.69 Å². The summed E-state index contributed by atoms with van der Waals surface area (Å²) < 4.78 is 2.94. The third-order valence-electron chi connectivity index (χ3n) is 3.94. The highest BCUT2D eigenvalue weighted by molar-refractivity contribution is 9.10. The molecule has 4 heteroatoms. The summed E-state index contributed by atoms with van der Waals surface area (Å²) in [6.07, 6.45) is 2.99. The van der Waals surface area contributed by atoms with Gasteiger partial charge < -0.3 is 9.88 Å². The maximum atomic E-state index is 12.5. The second-order valence-corrected chi connectivity index (χ2v) is 6.79. The fraction of sp³-hybridized carbons (Fsp3) is 0.353. The molecule has 3 rings (SSSR count). The summed E-state index contributed by atoms with van der Waals surface area (Å²) in [5.74, 6) is 0.471. The van der Waals surface area contributed by atoms with Crippen molar-refractivity contribution in [1.82, 2.24) is 9.88 Å². The van der Waals surface area contributed by atoms with Crippen LogP contribution in [-0.2, 0) is 0 Å². The van der Waals surface area contributed by atoms with E-state index in [1.165, 1.54) is 5.56 Å². The lowest BCUT2D eigenvalue weighted by Crippen LogP contribution is -2.29. The standard InChI is InChI=1S/C17H19BrN2O/c1-11(2)20-10-13(18)8-16(20)17(21)19-15-9-14(15)12-6-4-3-5-7-12/h3-8,10-11,14-15H,9H2,1-2H3,(H,19,21). The summed E-state index contributed by atoms with van der Waals surface area (Å²) in [6.45, 7) is 4.15. The van der Waals surface area contributed by atoms with Gasteiger partial charge >= 0.3 is 0 Å². The summed E-state index contributed by atoms with van der Waals surface area (Å²) in [5.41, 5.74) is 2.03. The van der Waals surface area contributed by atoms with E-state index in [0.29, 0.717) is 5.92 Å². The molecule has 1 aliphatic rings. The topological polar surface area (TPSA) is 34.0 Å². The second kappa shape index (κ2) is 5.68. The minimum atomic E-state index is 0.0119. The summed E-state index contributed by atoms with van der Waals surface area (Å²) in [5, 5.41) is 3.15. The molecular weight excluding hydrogens is 328 g/mol. The van der Waals surface area contributed by atoms with Gasteiger partial charge in [-0.1, -0.05) is 30.3 Å². The van der Waals surface area contributed by atoms with E-state index in [1.54, 1.807) is 0 Å². The number of aromatic nitrogens is 1. The van der Waals surface area contributed by atoms with Crippen molar-refractivity contribution in [3.8, 4) is 0 Å². The van der Waals surface area contributed by atoms with Gasteiger partial charge in [0.05, 0.1) is 0 Å². The first-order valence-electron chi connectivity index (χ1n) is 7.29. The zero-order valence-corrected chi connectivity index (χ0v) is 13.8. The molecule has 0 saturated heterocycles. The van der Waals surface area contributed by atoms with E-state index >= 15 is 0 Å². The van der Waals surface area contributed by atoms with Crippen LogP contribution in [0, 0.1) is 0 Å². The summed E-state index contributed by atoms with van der Waals surface area (Å²) in [4.78, 5) is 12.5. The van der Waals surface area contributed by atoms with Crippen molar-refractivity contribution < 1.29 is 4.79 Å². The lowest BCUT2D eigenvalue weighted by molar-refractivity contribution is 0.0939. The van der Waals surface area contributed by atoms with Crippen molar-refractivity contribution in [3.05, 3.63) is 58.3 Å². The van der Waals surface area contributed by atoms with Crippen LogP contribution in [-0.4, -0.2) is 16.5 Å². The lowest BCUT2D eigenvalue weighted by atomic mass is 10.1. The lowest BCUT2D eigenvalue weighted by Gasteiger charge is -2.12. The number of hydrogen-bond acceptors (Lipinski definition) is 1. The van der Waals surface area contributed by atoms with Crippen molar-refractivity contribution in [2.75, 3.05) is 0 Å². The molecule has 0 bridgehead atoms. The molecule has 1 aliphatic carbocycles. The molecule has 0 aliphatic heterocycles. The Morgan fingerprint density at radius 1 is 1.33 bits per heavy atom. The summed E-state index contributed by atoms with van der Waals surface area (Å²) in [7, 11) is 0. The Labute approximate surface area is 133 Å². The molecular formula is C17H19BrN2O. The highest BCUT2D eigenvalue weighted by atomic mass is 79.9. The average Bonchev–Trinajstić information content (AvgIpc) is 3.11. The van der Waals surface area contributed by atoms with Crippen LogP contribution in [0.1, 0.15) is 48.3 Å². The van der Waals surface area contributed by atoms with Crippen LogP contribution in [0.25, 0.3) is 0 Å². The van der Waals surface area contributed by atoms with E-state index in [4.69, 9.17) is 0 Å². The van der Waals surface area contributed by atoms with Gasteiger partial charge in [0.15, 0.2) is 0 Å². The van der Waals surface area contributed by atoms with Crippen LogP contribution >= 0.6 is 15.9 Å². The molecule has 2 aromatic rings. The molecule has 21 heavy (non-hydrogen) atoms. The molecule has 0 radical (unpaired) electrons. The normalized spacial score (nSPS) is 20.6. The van der Waals surface area contributed by atoms with E-state index < -0.39 is 0 Å². The van der Waals surface area contributed by atoms with E-state index in [2.05, 4.69) is 47.2 Å². The predicted molar refractivity (Wildman–Crippen MR) is 87.6 cm³/mol. The molecule has 2 unspecified atom stereocenters. The van der Waals surface area contributed by atoms with Crippen LogP contribution in [0.5, 0.6) is 0 Å². The predicted octanol–water partition coefficient (Wildman–Crippen LogP) is 4.12. The quantitative estimate of drug-likeness (QED) is 0.887. The highest BCUT2D eigenvalue weighted by Crippen LogP contribution is 2.40. The third kappa shape index (κ3) is 3.05. The molecule has 1 aromatic carbocycles. The second-order valence-electron chi connectivity index (χ2n) is 5.88. The Bertz CT molecular complexity index is 648. The molecule has 2 atom stereocenters. The Morgan fingerprint density at radius 2 is 2.05 bits per heavy atom. The molecule has 1 N–H and O–H groups in total.